The summed E-state index contributed by atoms with van der Waals surface area (Å²) in [6.45, 7) is 2.64. The molecule has 0 bridgehead atoms. The van der Waals surface area contributed by atoms with Crippen LogP contribution in [0, 0.1) is 5.82 Å². The van der Waals surface area contributed by atoms with E-state index in [2.05, 4.69) is 20.4 Å². The molecule has 1 fully saturated rings. The Balaban J connectivity index is 1.29. The molecule has 1 aliphatic heterocycles. The van der Waals surface area contributed by atoms with Crippen LogP contribution in [0.4, 0.5) is 15.8 Å². The predicted octanol–water partition coefficient (Wildman–Crippen LogP) is 5.46. The summed E-state index contributed by atoms with van der Waals surface area (Å²) < 4.78 is 16.4. The van der Waals surface area contributed by atoms with Crippen molar-refractivity contribution in [3.05, 3.63) is 90.2 Å². The van der Waals surface area contributed by atoms with E-state index >= 15 is 0 Å². The zero-order valence-corrected chi connectivity index (χ0v) is 20.0. The maximum Gasteiger partial charge on any atom is 0.234 e. The number of anilines is 2. The number of amides is 1. The fourth-order valence-corrected chi connectivity index (χ4v) is 4.94. The number of hydrogen-bond donors (Lipinski definition) is 1. The fourth-order valence-electron chi connectivity index (χ4n) is 4.20. The van der Waals surface area contributed by atoms with Crippen molar-refractivity contribution in [2.45, 2.75) is 24.5 Å². The molecule has 2 heterocycles. The third-order valence-corrected chi connectivity index (χ3v) is 6.94. The van der Waals surface area contributed by atoms with Gasteiger partial charge in [-0.05, 0) is 54.8 Å². The minimum absolute atomic E-state index is 0.134. The summed E-state index contributed by atoms with van der Waals surface area (Å²) in [7, 11) is 0. The highest BCUT2D eigenvalue weighted by Crippen LogP contribution is 2.27. The smallest absolute Gasteiger partial charge is 0.234 e. The standard InChI is InChI=1S/C27H26FN5OS/c28-24-11-5-4-10-23(24)26-30-31-27(33(26)18-20-8-2-1-3-9-20)35-19-25(34)29-21-12-14-22(15-13-21)32-16-6-7-17-32/h1-5,8-15H,6-7,16-19H2,(H,29,34). The Bertz CT molecular complexity index is 1290. The van der Waals surface area contributed by atoms with Gasteiger partial charge < -0.3 is 10.2 Å². The molecule has 1 N–H and O–H groups in total. The number of aromatic nitrogens is 3. The molecule has 1 saturated heterocycles. The summed E-state index contributed by atoms with van der Waals surface area (Å²) in [5.74, 6) is 0.108. The second-order valence-electron chi connectivity index (χ2n) is 8.44. The van der Waals surface area contributed by atoms with Crippen molar-refractivity contribution in [1.82, 2.24) is 14.8 Å². The lowest BCUT2D eigenvalue weighted by Crippen LogP contribution is -2.18. The fraction of sp³-hybridized carbons (Fsp3) is 0.222. The van der Waals surface area contributed by atoms with E-state index in [1.54, 1.807) is 18.2 Å². The number of hydrogen-bond acceptors (Lipinski definition) is 5. The molecule has 3 aromatic carbocycles. The molecular weight excluding hydrogens is 461 g/mol. The Morgan fingerprint density at radius 1 is 0.914 bits per heavy atom. The molecule has 8 heteroatoms. The first-order valence-electron chi connectivity index (χ1n) is 11.7. The van der Waals surface area contributed by atoms with Crippen molar-refractivity contribution in [3.63, 3.8) is 0 Å². The van der Waals surface area contributed by atoms with Crippen molar-refractivity contribution in [1.29, 1.82) is 0 Å². The number of benzene rings is 3. The van der Waals surface area contributed by atoms with Gasteiger partial charge in [-0.1, -0.05) is 54.2 Å². The Hall–Kier alpha value is -3.65. The molecule has 1 amide bonds. The number of halogens is 1. The number of thioether (sulfide) groups is 1. The largest absolute Gasteiger partial charge is 0.372 e. The summed E-state index contributed by atoms with van der Waals surface area (Å²) >= 11 is 1.29. The quantitative estimate of drug-likeness (QED) is 0.334. The first-order chi connectivity index (χ1) is 17.2. The SMILES string of the molecule is O=C(CSc1nnc(-c2ccccc2F)n1Cc1ccccc1)Nc1ccc(N2CCCC2)cc1. The van der Waals surface area contributed by atoms with Crippen LogP contribution in [0.25, 0.3) is 11.4 Å². The molecule has 0 saturated carbocycles. The van der Waals surface area contributed by atoms with Crippen molar-refractivity contribution < 1.29 is 9.18 Å². The van der Waals surface area contributed by atoms with Crippen LogP contribution in [0.5, 0.6) is 0 Å². The molecule has 178 valence electrons. The number of rotatable bonds is 8. The summed E-state index contributed by atoms with van der Waals surface area (Å²) in [4.78, 5) is 15.0. The third-order valence-electron chi connectivity index (χ3n) is 5.97. The second-order valence-corrected chi connectivity index (χ2v) is 9.38. The van der Waals surface area contributed by atoms with Crippen molar-refractivity contribution in [2.24, 2.45) is 0 Å². The Morgan fingerprint density at radius 3 is 2.37 bits per heavy atom. The lowest BCUT2D eigenvalue weighted by Gasteiger charge is -2.17. The van der Waals surface area contributed by atoms with Crippen molar-refractivity contribution in [2.75, 3.05) is 29.1 Å². The average molecular weight is 488 g/mol. The highest BCUT2D eigenvalue weighted by atomic mass is 32.2. The third kappa shape index (κ3) is 5.54. The number of nitrogens with zero attached hydrogens (tertiary/aromatic N) is 4. The first kappa shape index (κ1) is 23.1. The molecule has 5 rings (SSSR count). The van der Waals surface area contributed by atoms with Crippen LogP contribution < -0.4 is 10.2 Å². The van der Waals surface area contributed by atoms with Gasteiger partial charge in [-0.2, -0.15) is 0 Å². The summed E-state index contributed by atoms with van der Waals surface area (Å²) in [5.41, 5.74) is 3.36. The van der Waals surface area contributed by atoms with Crippen LogP contribution in [-0.2, 0) is 11.3 Å². The first-order valence-corrected chi connectivity index (χ1v) is 12.7. The van der Waals surface area contributed by atoms with Crippen LogP contribution in [0.15, 0.2) is 84.0 Å². The average Bonchev–Trinajstić information content (AvgIpc) is 3.55. The van der Waals surface area contributed by atoms with E-state index < -0.39 is 0 Å². The van der Waals surface area contributed by atoms with Gasteiger partial charge in [0.1, 0.15) is 5.82 Å². The summed E-state index contributed by atoms with van der Waals surface area (Å²) in [6.07, 6.45) is 2.45. The molecule has 6 nitrogen and oxygen atoms in total. The van der Waals surface area contributed by atoms with E-state index in [0.717, 1.165) is 24.3 Å². The normalized spacial score (nSPS) is 13.2. The van der Waals surface area contributed by atoms with E-state index in [-0.39, 0.29) is 17.5 Å². The van der Waals surface area contributed by atoms with Gasteiger partial charge in [0.15, 0.2) is 11.0 Å². The molecule has 4 aromatic rings. The highest BCUT2D eigenvalue weighted by Gasteiger charge is 2.19. The molecule has 0 radical (unpaired) electrons. The topological polar surface area (TPSA) is 63.1 Å². The Morgan fingerprint density at radius 2 is 1.63 bits per heavy atom. The minimum Gasteiger partial charge on any atom is -0.372 e. The van der Waals surface area contributed by atoms with Crippen LogP contribution in [-0.4, -0.2) is 39.5 Å². The van der Waals surface area contributed by atoms with E-state index in [0.29, 0.717) is 23.1 Å². The maximum absolute atomic E-state index is 14.5. The zero-order valence-electron chi connectivity index (χ0n) is 19.2. The maximum atomic E-state index is 14.5. The van der Waals surface area contributed by atoms with E-state index in [4.69, 9.17) is 0 Å². The van der Waals surface area contributed by atoms with Crippen LogP contribution >= 0.6 is 11.8 Å². The molecule has 1 aromatic heterocycles. The Labute approximate surface area is 208 Å². The zero-order chi connectivity index (χ0) is 24.0. The highest BCUT2D eigenvalue weighted by molar-refractivity contribution is 7.99. The molecule has 0 aliphatic carbocycles. The van der Waals surface area contributed by atoms with Gasteiger partial charge in [-0.25, -0.2) is 4.39 Å². The van der Waals surface area contributed by atoms with Crippen LogP contribution in [0.3, 0.4) is 0 Å². The van der Waals surface area contributed by atoms with Crippen LogP contribution in [0.1, 0.15) is 18.4 Å². The van der Waals surface area contributed by atoms with Gasteiger partial charge >= 0.3 is 0 Å². The van der Waals surface area contributed by atoms with Gasteiger partial charge in [0, 0.05) is 24.5 Å². The van der Waals surface area contributed by atoms with Gasteiger partial charge in [-0.15, -0.1) is 10.2 Å². The van der Waals surface area contributed by atoms with Crippen molar-refractivity contribution in [3.8, 4) is 11.4 Å². The molecule has 0 spiro atoms. The lowest BCUT2D eigenvalue weighted by molar-refractivity contribution is -0.113. The predicted molar refractivity (Wildman–Crippen MR) is 138 cm³/mol. The summed E-state index contributed by atoms with van der Waals surface area (Å²) in [6, 6.07) is 24.3. The number of carbonyl (C=O) groups excluding carboxylic acids is 1. The molecule has 1 aliphatic rings. The van der Waals surface area contributed by atoms with Gasteiger partial charge in [0.25, 0.3) is 0 Å². The Kier molecular flexibility index (Phi) is 7.09. The van der Waals surface area contributed by atoms with E-state index in [1.807, 2.05) is 59.2 Å². The van der Waals surface area contributed by atoms with E-state index in [1.165, 1.54) is 36.4 Å². The monoisotopic (exact) mass is 487 g/mol. The molecule has 35 heavy (non-hydrogen) atoms. The van der Waals surface area contributed by atoms with Crippen LogP contribution in [0.2, 0.25) is 0 Å². The second kappa shape index (κ2) is 10.7. The van der Waals surface area contributed by atoms with Gasteiger partial charge in [0.2, 0.25) is 5.91 Å². The van der Waals surface area contributed by atoms with E-state index in [9.17, 15) is 9.18 Å². The molecule has 0 atom stereocenters. The lowest BCUT2D eigenvalue weighted by atomic mass is 10.2. The summed E-state index contributed by atoms with van der Waals surface area (Å²) in [5, 5.41) is 12.1. The molecule has 0 unspecified atom stereocenters. The minimum atomic E-state index is -0.360. The van der Waals surface area contributed by atoms with Gasteiger partial charge in [0.05, 0.1) is 17.9 Å². The number of carbonyl (C=O) groups is 1. The van der Waals surface area contributed by atoms with Crippen molar-refractivity contribution >= 4 is 29.0 Å². The van der Waals surface area contributed by atoms with Gasteiger partial charge in [-0.3, -0.25) is 9.36 Å². The number of nitrogens with one attached hydrogen (secondary N) is 1. The molecular formula is C27H26FN5OS.